The van der Waals surface area contributed by atoms with Crippen LogP contribution in [-0.2, 0) is 0 Å². The minimum Gasteiger partial charge on any atom is -0.497 e. The van der Waals surface area contributed by atoms with Crippen molar-refractivity contribution in [2.45, 2.75) is 0 Å². The third kappa shape index (κ3) is 3.73. The number of carbonyl (C=O) groups is 2. The number of benzene rings is 2. The van der Waals surface area contributed by atoms with Crippen LogP contribution in [0.2, 0.25) is 5.02 Å². The summed E-state index contributed by atoms with van der Waals surface area (Å²) in [5.74, 6) is -0.934. The summed E-state index contributed by atoms with van der Waals surface area (Å²) in [7, 11) is 2.84. The third-order valence-corrected chi connectivity index (χ3v) is 3.41. The molecule has 7 heteroatoms. The molecule has 0 radical (unpaired) electrons. The normalized spacial score (nSPS) is 10.0. The van der Waals surface area contributed by atoms with Gasteiger partial charge in [0.25, 0.3) is 5.91 Å². The van der Waals surface area contributed by atoms with Crippen molar-refractivity contribution in [2.24, 2.45) is 0 Å². The van der Waals surface area contributed by atoms with Crippen molar-refractivity contribution in [3.63, 3.8) is 0 Å². The molecule has 6 nitrogen and oxygen atoms in total. The molecule has 0 aliphatic carbocycles. The Balaban J connectivity index is 2.32. The van der Waals surface area contributed by atoms with Gasteiger partial charge in [-0.05, 0) is 24.3 Å². The molecule has 0 aliphatic heterocycles. The van der Waals surface area contributed by atoms with Crippen LogP contribution in [-0.4, -0.2) is 31.2 Å². The monoisotopic (exact) mass is 335 g/mol. The van der Waals surface area contributed by atoms with Crippen molar-refractivity contribution >= 4 is 29.2 Å². The Morgan fingerprint density at radius 1 is 1.13 bits per heavy atom. The Bertz CT molecular complexity index is 760. The number of carboxylic acids is 1. The SMILES string of the molecule is COc1cccc(C(=O)Nc2cc(OC)c(C(=O)O)cc2Cl)c1. The molecule has 0 unspecified atom stereocenters. The van der Waals surface area contributed by atoms with Gasteiger partial charge in [-0.3, -0.25) is 4.79 Å². The van der Waals surface area contributed by atoms with Crippen LogP contribution in [0, 0.1) is 0 Å². The van der Waals surface area contributed by atoms with Crippen molar-refractivity contribution < 1.29 is 24.2 Å². The molecule has 0 atom stereocenters. The van der Waals surface area contributed by atoms with E-state index in [1.165, 1.54) is 26.4 Å². The van der Waals surface area contributed by atoms with E-state index in [1.54, 1.807) is 24.3 Å². The van der Waals surface area contributed by atoms with E-state index < -0.39 is 11.9 Å². The van der Waals surface area contributed by atoms with Crippen molar-refractivity contribution in [2.75, 3.05) is 19.5 Å². The van der Waals surface area contributed by atoms with Crippen LogP contribution in [0.4, 0.5) is 5.69 Å². The molecule has 0 bridgehead atoms. The highest BCUT2D eigenvalue weighted by Gasteiger charge is 2.17. The summed E-state index contributed by atoms with van der Waals surface area (Å²) in [6.07, 6.45) is 0. The molecule has 2 aromatic rings. The van der Waals surface area contributed by atoms with Gasteiger partial charge in [0, 0.05) is 11.6 Å². The summed E-state index contributed by atoms with van der Waals surface area (Å²) in [5, 5.41) is 11.8. The maximum atomic E-state index is 12.3. The molecule has 23 heavy (non-hydrogen) atoms. The van der Waals surface area contributed by atoms with Crippen molar-refractivity contribution in [3.8, 4) is 11.5 Å². The standard InChI is InChI=1S/C16H14ClNO5/c1-22-10-5-3-4-9(6-10)15(19)18-13-8-14(23-2)11(16(20)21)7-12(13)17/h3-8H,1-2H3,(H,18,19)(H,20,21). The number of anilines is 1. The van der Waals surface area contributed by atoms with Gasteiger partial charge >= 0.3 is 5.97 Å². The van der Waals surface area contributed by atoms with E-state index >= 15 is 0 Å². The van der Waals surface area contributed by atoms with Gasteiger partial charge in [-0.1, -0.05) is 17.7 Å². The minimum absolute atomic E-state index is 0.0862. The van der Waals surface area contributed by atoms with Crippen LogP contribution in [0.5, 0.6) is 11.5 Å². The summed E-state index contributed by atoms with van der Waals surface area (Å²) >= 11 is 6.03. The van der Waals surface area contributed by atoms with Gasteiger partial charge in [-0.2, -0.15) is 0 Å². The predicted molar refractivity (Wildman–Crippen MR) is 85.9 cm³/mol. The number of hydrogen-bond donors (Lipinski definition) is 2. The second-order valence-electron chi connectivity index (χ2n) is 4.52. The first kappa shape index (κ1) is 16.6. The maximum Gasteiger partial charge on any atom is 0.339 e. The molecule has 0 fully saturated rings. The number of amides is 1. The molecule has 120 valence electrons. The fourth-order valence-electron chi connectivity index (χ4n) is 1.94. The van der Waals surface area contributed by atoms with E-state index in [0.717, 1.165) is 0 Å². The first-order chi connectivity index (χ1) is 11.0. The Labute approximate surface area is 137 Å². The van der Waals surface area contributed by atoms with E-state index in [2.05, 4.69) is 5.32 Å². The highest BCUT2D eigenvalue weighted by Crippen LogP contribution is 2.31. The number of nitrogens with one attached hydrogen (secondary N) is 1. The lowest BCUT2D eigenvalue weighted by atomic mass is 10.1. The zero-order chi connectivity index (χ0) is 17.0. The molecule has 2 N–H and O–H groups in total. The highest BCUT2D eigenvalue weighted by molar-refractivity contribution is 6.34. The number of hydrogen-bond acceptors (Lipinski definition) is 4. The Morgan fingerprint density at radius 2 is 1.87 bits per heavy atom. The Kier molecular flexibility index (Phi) is 5.08. The Morgan fingerprint density at radius 3 is 2.48 bits per heavy atom. The number of carbonyl (C=O) groups excluding carboxylic acids is 1. The zero-order valence-electron chi connectivity index (χ0n) is 12.4. The molecule has 0 aliphatic rings. The summed E-state index contributed by atoms with van der Waals surface area (Å²) in [6.45, 7) is 0. The summed E-state index contributed by atoms with van der Waals surface area (Å²) < 4.78 is 10.1. The quantitative estimate of drug-likeness (QED) is 0.875. The molecule has 0 spiro atoms. The van der Waals surface area contributed by atoms with Gasteiger partial charge in [-0.15, -0.1) is 0 Å². The van der Waals surface area contributed by atoms with Crippen molar-refractivity contribution in [3.05, 3.63) is 52.5 Å². The number of aromatic carboxylic acids is 1. The predicted octanol–water partition coefficient (Wildman–Crippen LogP) is 3.31. The molecule has 2 rings (SSSR count). The lowest BCUT2D eigenvalue weighted by Gasteiger charge is -2.12. The summed E-state index contributed by atoms with van der Waals surface area (Å²) in [4.78, 5) is 23.4. The molecule has 2 aromatic carbocycles. The molecule has 0 heterocycles. The first-order valence-corrected chi connectivity index (χ1v) is 6.90. The van der Waals surface area contributed by atoms with E-state index in [0.29, 0.717) is 11.3 Å². The maximum absolute atomic E-state index is 12.3. The molecule has 0 saturated heterocycles. The van der Waals surface area contributed by atoms with Gasteiger partial charge in [0.05, 0.1) is 24.9 Å². The van der Waals surface area contributed by atoms with Crippen LogP contribution < -0.4 is 14.8 Å². The number of methoxy groups -OCH3 is 2. The van der Waals surface area contributed by atoms with Crippen molar-refractivity contribution in [1.82, 2.24) is 0 Å². The second kappa shape index (κ2) is 7.02. The number of halogens is 1. The van der Waals surface area contributed by atoms with E-state index in [4.69, 9.17) is 26.2 Å². The smallest absolute Gasteiger partial charge is 0.339 e. The molecular formula is C16H14ClNO5. The first-order valence-electron chi connectivity index (χ1n) is 6.52. The van der Waals surface area contributed by atoms with E-state index in [1.807, 2.05) is 0 Å². The Hall–Kier alpha value is -2.73. The molecule has 0 saturated carbocycles. The highest BCUT2D eigenvalue weighted by atomic mass is 35.5. The third-order valence-electron chi connectivity index (χ3n) is 3.10. The van der Waals surface area contributed by atoms with Crippen LogP contribution in [0.3, 0.4) is 0 Å². The van der Waals surface area contributed by atoms with Crippen LogP contribution >= 0.6 is 11.6 Å². The van der Waals surface area contributed by atoms with Gasteiger partial charge in [-0.25, -0.2) is 4.79 Å². The van der Waals surface area contributed by atoms with Crippen molar-refractivity contribution in [1.29, 1.82) is 0 Å². The van der Waals surface area contributed by atoms with Gasteiger partial charge in [0.15, 0.2) is 0 Å². The fourth-order valence-corrected chi connectivity index (χ4v) is 2.15. The average Bonchev–Trinajstić information content (AvgIpc) is 2.56. The van der Waals surface area contributed by atoms with Gasteiger partial charge in [0.1, 0.15) is 17.1 Å². The van der Waals surface area contributed by atoms with Crippen LogP contribution in [0.1, 0.15) is 20.7 Å². The summed E-state index contributed by atoms with van der Waals surface area (Å²) in [6, 6.07) is 9.19. The average molecular weight is 336 g/mol. The number of ether oxygens (including phenoxy) is 2. The topological polar surface area (TPSA) is 84.9 Å². The zero-order valence-corrected chi connectivity index (χ0v) is 13.2. The fraction of sp³-hybridized carbons (Fsp3) is 0.125. The summed E-state index contributed by atoms with van der Waals surface area (Å²) in [5.41, 5.74) is 0.542. The van der Waals surface area contributed by atoms with Gasteiger partial charge in [0.2, 0.25) is 0 Å². The number of rotatable bonds is 5. The lowest BCUT2D eigenvalue weighted by Crippen LogP contribution is -2.13. The van der Waals surface area contributed by atoms with Crippen LogP contribution in [0.25, 0.3) is 0 Å². The largest absolute Gasteiger partial charge is 0.497 e. The second-order valence-corrected chi connectivity index (χ2v) is 4.93. The van der Waals surface area contributed by atoms with E-state index in [-0.39, 0.29) is 22.0 Å². The molecule has 1 amide bonds. The minimum atomic E-state index is -1.17. The van der Waals surface area contributed by atoms with E-state index in [9.17, 15) is 9.59 Å². The van der Waals surface area contributed by atoms with Gasteiger partial charge < -0.3 is 19.9 Å². The molecule has 0 aromatic heterocycles. The lowest BCUT2D eigenvalue weighted by molar-refractivity contribution is 0.0693. The number of carboxylic acid groups (broad SMARTS) is 1. The van der Waals surface area contributed by atoms with Crippen LogP contribution in [0.15, 0.2) is 36.4 Å². The molecular weight excluding hydrogens is 322 g/mol.